The molecule has 1 atom stereocenters. The zero-order valence-corrected chi connectivity index (χ0v) is 9.57. The maximum absolute atomic E-state index is 10.8. The van der Waals surface area contributed by atoms with Gasteiger partial charge in [0.1, 0.15) is 0 Å². The first-order chi connectivity index (χ1) is 5.20. The maximum atomic E-state index is 10.8. The molecule has 0 heterocycles. The molecule has 0 bridgehead atoms. The Kier molecular flexibility index (Phi) is 7.23. The molecule has 1 amide bonds. The van der Waals surface area contributed by atoms with Crippen LogP contribution in [0.4, 0.5) is 0 Å². The van der Waals surface area contributed by atoms with E-state index < -0.39 is 0 Å². The molecular weight excluding hydrogens is 225 g/mol. The molecule has 0 saturated heterocycles. The van der Waals surface area contributed by atoms with Gasteiger partial charge in [-0.1, -0.05) is 0 Å². The molecule has 0 fully saturated rings. The monoisotopic (exact) mass is 241 g/mol. The van der Waals surface area contributed by atoms with Crippen molar-refractivity contribution >= 4 is 33.5 Å². The zero-order chi connectivity index (χ0) is 8.69. The second-order valence-electron chi connectivity index (χ2n) is 2.29. The third-order valence-electron chi connectivity index (χ3n) is 1.12. The number of amides is 1. The Morgan fingerprint density at radius 3 is 2.82 bits per heavy atom. The van der Waals surface area contributed by atoms with Crippen LogP contribution in [0.3, 0.4) is 0 Å². The van der Waals surface area contributed by atoms with Crippen LogP contribution in [0.1, 0.15) is 13.8 Å². The Hall–Kier alpha value is 0.339. The predicted molar refractivity (Wildman–Crippen MR) is 52.5 cm³/mol. The third-order valence-corrected chi connectivity index (χ3v) is 3.81. The van der Waals surface area contributed by atoms with Gasteiger partial charge >= 0.3 is 79.9 Å². The van der Waals surface area contributed by atoms with Gasteiger partial charge in [0.2, 0.25) is 0 Å². The fourth-order valence-electron chi connectivity index (χ4n) is 0.657. The SMILES string of the molecule is CC[Se]CC(C)NC(=O)CS. The minimum absolute atomic E-state index is 0.0349. The fraction of sp³-hybridized carbons (Fsp3) is 0.857. The molecule has 4 heteroatoms. The van der Waals surface area contributed by atoms with Gasteiger partial charge in [-0.15, -0.1) is 0 Å². The van der Waals surface area contributed by atoms with E-state index in [-0.39, 0.29) is 5.91 Å². The average molecular weight is 240 g/mol. The van der Waals surface area contributed by atoms with Crippen molar-refractivity contribution in [3.05, 3.63) is 0 Å². The van der Waals surface area contributed by atoms with Crippen molar-refractivity contribution in [3.63, 3.8) is 0 Å². The van der Waals surface area contributed by atoms with E-state index in [2.05, 4.69) is 24.9 Å². The molecular formula is C7H15NOSSe. The standard InChI is InChI=1S/C7H15NOSSe/c1-3-11-5-6(2)8-7(9)4-10/h6,10H,3-5H2,1-2H3,(H,8,9). The Labute approximate surface area is 80.1 Å². The molecule has 0 aromatic carbocycles. The van der Waals surface area contributed by atoms with E-state index in [1.807, 2.05) is 6.92 Å². The Balaban J connectivity index is 3.35. The van der Waals surface area contributed by atoms with Crippen LogP contribution >= 0.6 is 12.6 Å². The molecule has 66 valence electrons. The number of thiol groups is 1. The Bertz CT molecular complexity index is 121. The first-order valence-electron chi connectivity index (χ1n) is 3.68. The van der Waals surface area contributed by atoms with Crippen molar-refractivity contribution in [3.8, 4) is 0 Å². The van der Waals surface area contributed by atoms with Crippen LogP contribution in [0, 0.1) is 0 Å². The zero-order valence-electron chi connectivity index (χ0n) is 6.96. The van der Waals surface area contributed by atoms with E-state index >= 15 is 0 Å². The fourth-order valence-corrected chi connectivity index (χ4v) is 2.16. The van der Waals surface area contributed by atoms with Gasteiger partial charge in [0.05, 0.1) is 0 Å². The van der Waals surface area contributed by atoms with Gasteiger partial charge in [0.15, 0.2) is 0 Å². The second-order valence-corrected chi connectivity index (χ2v) is 5.37. The van der Waals surface area contributed by atoms with Crippen molar-refractivity contribution in [2.75, 3.05) is 5.75 Å². The molecule has 0 aliphatic heterocycles. The summed E-state index contributed by atoms with van der Waals surface area (Å²) in [6.07, 6.45) is 0. The number of carbonyl (C=O) groups excluding carboxylic acids is 1. The predicted octanol–water partition coefficient (Wildman–Crippen LogP) is 0.982. The van der Waals surface area contributed by atoms with Gasteiger partial charge < -0.3 is 0 Å². The molecule has 0 rings (SSSR count). The molecule has 0 aromatic rings. The third kappa shape index (κ3) is 6.73. The summed E-state index contributed by atoms with van der Waals surface area (Å²) in [6, 6.07) is 0.328. The first kappa shape index (κ1) is 11.3. The molecule has 0 aromatic heterocycles. The van der Waals surface area contributed by atoms with Gasteiger partial charge in [-0.25, -0.2) is 0 Å². The van der Waals surface area contributed by atoms with Crippen molar-refractivity contribution in [2.24, 2.45) is 0 Å². The average Bonchev–Trinajstić information content (AvgIpc) is 2.00. The van der Waals surface area contributed by atoms with Crippen LogP contribution < -0.4 is 5.32 Å². The van der Waals surface area contributed by atoms with E-state index in [0.29, 0.717) is 26.8 Å². The summed E-state index contributed by atoms with van der Waals surface area (Å²) in [4.78, 5) is 10.8. The van der Waals surface area contributed by atoms with Gasteiger partial charge in [0.25, 0.3) is 0 Å². The quantitative estimate of drug-likeness (QED) is 0.544. The topological polar surface area (TPSA) is 29.1 Å². The van der Waals surface area contributed by atoms with E-state index in [1.54, 1.807) is 0 Å². The van der Waals surface area contributed by atoms with Crippen LogP contribution in [-0.4, -0.2) is 32.7 Å². The first-order valence-corrected chi connectivity index (χ1v) is 6.74. The number of hydrogen-bond donors (Lipinski definition) is 2. The molecule has 0 saturated carbocycles. The van der Waals surface area contributed by atoms with Crippen LogP contribution in [-0.2, 0) is 4.79 Å². The Morgan fingerprint density at radius 1 is 1.73 bits per heavy atom. The number of hydrogen-bond acceptors (Lipinski definition) is 2. The second kappa shape index (κ2) is 7.01. The minimum atomic E-state index is 0.0349. The molecule has 11 heavy (non-hydrogen) atoms. The molecule has 0 radical (unpaired) electrons. The molecule has 1 N–H and O–H groups in total. The molecule has 2 nitrogen and oxygen atoms in total. The van der Waals surface area contributed by atoms with E-state index in [4.69, 9.17) is 0 Å². The molecule has 0 aliphatic carbocycles. The number of rotatable bonds is 5. The van der Waals surface area contributed by atoms with Gasteiger partial charge in [-0.3, -0.25) is 0 Å². The van der Waals surface area contributed by atoms with Gasteiger partial charge in [-0.05, 0) is 0 Å². The van der Waals surface area contributed by atoms with Crippen LogP contribution in [0.2, 0.25) is 10.6 Å². The van der Waals surface area contributed by atoms with Crippen molar-refractivity contribution in [2.45, 2.75) is 30.5 Å². The summed E-state index contributed by atoms with van der Waals surface area (Å²) >= 11 is 4.56. The molecule has 1 unspecified atom stereocenters. The van der Waals surface area contributed by atoms with Crippen molar-refractivity contribution in [1.82, 2.24) is 5.32 Å². The Morgan fingerprint density at radius 2 is 2.36 bits per heavy atom. The van der Waals surface area contributed by atoms with Crippen molar-refractivity contribution in [1.29, 1.82) is 0 Å². The van der Waals surface area contributed by atoms with Crippen molar-refractivity contribution < 1.29 is 4.79 Å². The summed E-state index contributed by atoms with van der Waals surface area (Å²) in [5.74, 6) is 0.330. The van der Waals surface area contributed by atoms with Gasteiger partial charge in [-0.2, -0.15) is 0 Å². The van der Waals surface area contributed by atoms with E-state index in [9.17, 15) is 4.79 Å². The van der Waals surface area contributed by atoms with Gasteiger partial charge in [0, 0.05) is 0 Å². The normalized spacial score (nSPS) is 12.6. The van der Waals surface area contributed by atoms with Crippen LogP contribution in [0.5, 0.6) is 0 Å². The summed E-state index contributed by atoms with van der Waals surface area (Å²) in [5, 5.41) is 5.24. The molecule has 0 aliphatic rings. The van der Waals surface area contributed by atoms with Crippen LogP contribution in [0.25, 0.3) is 0 Å². The van der Waals surface area contributed by atoms with Crippen LogP contribution in [0.15, 0.2) is 0 Å². The van der Waals surface area contributed by atoms with E-state index in [0.717, 1.165) is 5.32 Å². The van der Waals surface area contributed by atoms with E-state index in [1.165, 1.54) is 5.32 Å². The molecule has 0 spiro atoms. The summed E-state index contributed by atoms with van der Waals surface area (Å²) in [5.41, 5.74) is 0. The number of nitrogens with one attached hydrogen (secondary N) is 1. The number of carbonyl (C=O) groups is 1. The summed E-state index contributed by atoms with van der Waals surface area (Å²) in [6.45, 7) is 4.21. The summed E-state index contributed by atoms with van der Waals surface area (Å²) in [7, 11) is 0. The summed E-state index contributed by atoms with van der Waals surface area (Å²) < 4.78 is 0.